The second kappa shape index (κ2) is 9.28. The van der Waals surface area contributed by atoms with Gasteiger partial charge in [-0.3, -0.25) is 4.79 Å². The molecule has 0 bridgehead atoms. The number of halogens is 1. The summed E-state index contributed by atoms with van der Waals surface area (Å²) >= 11 is 0. The molecule has 32 heavy (non-hydrogen) atoms. The van der Waals surface area contributed by atoms with Crippen LogP contribution in [-0.2, 0) is 4.74 Å². The number of carbonyl (C=O) groups is 2. The number of amides is 2. The number of nitrogens with zero attached hydrogens (tertiary/aromatic N) is 3. The van der Waals surface area contributed by atoms with Gasteiger partial charge in [0.05, 0.1) is 24.2 Å². The zero-order valence-electron chi connectivity index (χ0n) is 19.1. The highest BCUT2D eigenvalue weighted by Crippen LogP contribution is 2.26. The average molecular weight is 448 g/mol. The number of hydrogen-bond donors (Lipinski definition) is 1. The number of aliphatic hydroxyl groups excluding tert-OH is 1. The van der Waals surface area contributed by atoms with E-state index in [0.717, 1.165) is 5.56 Å². The first-order chi connectivity index (χ1) is 15.0. The predicted molar refractivity (Wildman–Crippen MR) is 117 cm³/mol. The summed E-state index contributed by atoms with van der Waals surface area (Å²) in [6.45, 7) is 7.63. The molecular weight excluding hydrogens is 417 g/mol. The Kier molecular flexibility index (Phi) is 6.88. The number of aliphatic hydroxyl groups is 1. The molecule has 0 aliphatic carbocycles. The summed E-state index contributed by atoms with van der Waals surface area (Å²) in [5.74, 6) is -0.745. The normalized spacial score (nSPS) is 16.9. The first kappa shape index (κ1) is 23.7. The quantitative estimate of drug-likeness (QED) is 0.774. The van der Waals surface area contributed by atoms with E-state index in [4.69, 9.17) is 9.47 Å². The molecule has 9 heteroatoms. The maximum Gasteiger partial charge on any atom is 0.410 e. The molecule has 2 aromatic rings. The monoisotopic (exact) mass is 447 g/mol. The molecule has 1 aromatic heterocycles. The number of piperazine rings is 1. The Hall–Kier alpha value is -2.94. The molecule has 1 saturated heterocycles. The highest BCUT2D eigenvalue weighted by molar-refractivity contribution is 5.98. The lowest BCUT2D eigenvalue weighted by atomic mass is 10.0. The molecule has 0 spiro atoms. The molecule has 0 radical (unpaired) electrons. The van der Waals surface area contributed by atoms with Crippen LogP contribution < -0.4 is 4.74 Å². The molecule has 0 saturated carbocycles. The summed E-state index contributed by atoms with van der Waals surface area (Å²) in [4.78, 5) is 33.1. The highest BCUT2D eigenvalue weighted by Gasteiger charge is 2.35. The van der Waals surface area contributed by atoms with Crippen LogP contribution in [0.5, 0.6) is 5.88 Å². The molecule has 1 N–H and O–H groups in total. The van der Waals surface area contributed by atoms with E-state index in [1.807, 2.05) is 6.92 Å². The van der Waals surface area contributed by atoms with Gasteiger partial charge in [0.2, 0.25) is 5.88 Å². The smallest absolute Gasteiger partial charge is 0.410 e. The summed E-state index contributed by atoms with van der Waals surface area (Å²) in [7, 11) is 1.50. The largest absolute Gasteiger partial charge is 0.481 e. The highest BCUT2D eigenvalue weighted by atomic mass is 19.1. The van der Waals surface area contributed by atoms with E-state index in [0.29, 0.717) is 16.8 Å². The maximum atomic E-state index is 14.9. The number of fused-ring (bicyclic) bond motifs is 1. The molecule has 1 unspecified atom stereocenters. The van der Waals surface area contributed by atoms with Gasteiger partial charge in [0.25, 0.3) is 5.91 Å². The van der Waals surface area contributed by atoms with Crippen molar-refractivity contribution in [2.45, 2.75) is 45.8 Å². The van der Waals surface area contributed by atoms with Crippen molar-refractivity contribution in [2.75, 3.05) is 33.4 Å². The van der Waals surface area contributed by atoms with Crippen molar-refractivity contribution < 1.29 is 28.6 Å². The van der Waals surface area contributed by atoms with Crippen LogP contribution in [0.1, 0.15) is 43.1 Å². The summed E-state index contributed by atoms with van der Waals surface area (Å²) in [5.41, 5.74) is 0.463. The number of hydrogen-bond acceptors (Lipinski definition) is 6. The number of rotatable bonds is 4. The van der Waals surface area contributed by atoms with Crippen molar-refractivity contribution in [3.63, 3.8) is 0 Å². The van der Waals surface area contributed by atoms with Crippen LogP contribution in [0.4, 0.5) is 9.18 Å². The van der Waals surface area contributed by atoms with Gasteiger partial charge in [0.15, 0.2) is 0 Å². The standard InChI is InChI=1S/C23H30FN3O5/c1-14-10-15-11-18(24)17(12-19(15)25-20(14)31-5)21(29)27-8-7-26(13-16(27)6-9-28)22(30)32-23(2,3)4/h10-12,16,28H,6-9,13H2,1-5H3. The third-order valence-electron chi connectivity index (χ3n) is 5.33. The lowest BCUT2D eigenvalue weighted by Crippen LogP contribution is -2.57. The van der Waals surface area contributed by atoms with Crippen LogP contribution in [0, 0.1) is 12.7 Å². The summed E-state index contributed by atoms with van der Waals surface area (Å²) < 4.78 is 25.6. The third kappa shape index (κ3) is 5.09. The molecule has 1 aliphatic heterocycles. The lowest BCUT2D eigenvalue weighted by molar-refractivity contribution is 0.00167. The Bertz CT molecular complexity index is 1020. The van der Waals surface area contributed by atoms with Gasteiger partial charge in [0.1, 0.15) is 11.4 Å². The van der Waals surface area contributed by atoms with Crippen molar-refractivity contribution >= 4 is 22.9 Å². The number of aromatic nitrogens is 1. The Morgan fingerprint density at radius 1 is 1.25 bits per heavy atom. The minimum atomic E-state index is -0.647. The van der Waals surface area contributed by atoms with Crippen LogP contribution in [-0.4, -0.2) is 76.9 Å². The van der Waals surface area contributed by atoms with Gasteiger partial charge in [-0.15, -0.1) is 0 Å². The van der Waals surface area contributed by atoms with Crippen molar-refractivity contribution in [3.05, 3.63) is 35.1 Å². The Morgan fingerprint density at radius 2 is 1.97 bits per heavy atom. The summed E-state index contributed by atoms with van der Waals surface area (Å²) in [6, 6.07) is 4.00. The minimum Gasteiger partial charge on any atom is -0.481 e. The molecule has 1 aliphatic rings. The molecule has 1 aromatic carbocycles. The zero-order valence-corrected chi connectivity index (χ0v) is 19.1. The van der Waals surface area contributed by atoms with Gasteiger partial charge in [-0.1, -0.05) is 0 Å². The number of methoxy groups -OCH3 is 1. The SMILES string of the molecule is COc1nc2cc(C(=O)N3CCN(C(=O)OC(C)(C)C)CC3CCO)c(F)cc2cc1C. The van der Waals surface area contributed by atoms with E-state index in [1.165, 1.54) is 29.0 Å². The second-order valence-electron chi connectivity index (χ2n) is 8.93. The molecule has 3 rings (SSSR count). The molecule has 1 atom stereocenters. The van der Waals surface area contributed by atoms with Gasteiger partial charge in [-0.05, 0) is 52.3 Å². The van der Waals surface area contributed by atoms with Gasteiger partial charge < -0.3 is 24.4 Å². The molecule has 2 amide bonds. The van der Waals surface area contributed by atoms with Crippen LogP contribution >= 0.6 is 0 Å². The first-order valence-electron chi connectivity index (χ1n) is 10.6. The van der Waals surface area contributed by atoms with E-state index in [9.17, 15) is 19.1 Å². The van der Waals surface area contributed by atoms with Gasteiger partial charge in [0, 0.05) is 37.2 Å². The maximum absolute atomic E-state index is 14.9. The Labute approximate surface area is 186 Å². The first-order valence-corrected chi connectivity index (χ1v) is 10.6. The van der Waals surface area contributed by atoms with Gasteiger partial charge in [-0.25, -0.2) is 14.2 Å². The van der Waals surface area contributed by atoms with E-state index in [1.54, 1.807) is 26.8 Å². The molecular formula is C23H30FN3O5. The van der Waals surface area contributed by atoms with Crippen molar-refractivity contribution in [3.8, 4) is 5.88 Å². The van der Waals surface area contributed by atoms with Crippen LogP contribution in [0.25, 0.3) is 10.9 Å². The van der Waals surface area contributed by atoms with E-state index >= 15 is 0 Å². The van der Waals surface area contributed by atoms with Crippen LogP contribution in [0.3, 0.4) is 0 Å². The van der Waals surface area contributed by atoms with Crippen molar-refractivity contribution in [1.29, 1.82) is 0 Å². The van der Waals surface area contributed by atoms with Crippen LogP contribution in [0.2, 0.25) is 0 Å². The molecule has 1 fully saturated rings. The van der Waals surface area contributed by atoms with Crippen molar-refractivity contribution in [1.82, 2.24) is 14.8 Å². The summed E-state index contributed by atoms with van der Waals surface area (Å²) in [5, 5.41) is 10.1. The number of carbonyl (C=O) groups excluding carboxylic acids is 2. The number of ether oxygens (including phenoxy) is 2. The average Bonchev–Trinajstić information content (AvgIpc) is 2.71. The van der Waals surface area contributed by atoms with Crippen molar-refractivity contribution in [2.24, 2.45) is 0 Å². The third-order valence-corrected chi connectivity index (χ3v) is 5.33. The topological polar surface area (TPSA) is 92.2 Å². The zero-order chi connectivity index (χ0) is 23.6. The number of aryl methyl sites for hydroxylation is 1. The Morgan fingerprint density at radius 3 is 2.59 bits per heavy atom. The molecule has 2 heterocycles. The number of benzene rings is 1. The Balaban J connectivity index is 1.87. The number of pyridine rings is 1. The van der Waals surface area contributed by atoms with Gasteiger partial charge >= 0.3 is 6.09 Å². The fourth-order valence-electron chi connectivity index (χ4n) is 3.82. The van der Waals surface area contributed by atoms with E-state index < -0.39 is 29.5 Å². The van der Waals surface area contributed by atoms with Gasteiger partial charge in [-0.2, -0.15) is 0 Å². The van der Waals surface area contributed by atoms with E-state index in [-0.39, 0.29) is 38.2 Å². The molecule has 8 nitrogen and oxygen atoms in total. The van der Waals surface area contributed by atoms with E-state index in [2.05, 4.69) is 4.98 Å². The minimum absolute atomic E-state index is 0.107. The lowest BCUT2D eigenvalue weighted by Gasteiger charge is -2.41. The fraction of sp³-hybridized carbons (Fsp3) is 0.522. The molecule has 174 valence electrons. The summed E-state index contributed by atoms with van der Waals surface area (Å²) in [6.07, 6.45) is -0.220. The predicted octanol–water partition coefficient (Wildman–Crippen LogP) is 3.13. The van der Waals surface area contributed by atoms with Crippen LogP contribution in [0.15, 0.2) is 18.2 Å². The second-order valence-corrected chi connectivity index (χ2v) is 8.93. The fourth-order valence-corrected chi connectivity index (χ4v) is 3.82.